The fraction of sp³-hybridized carbons (Fsp3) is 0.667. The highest BCUT2D eigenvalue weighted by atomic mass is 127. The second-order valence-corrected chi connectivity index (χ2v) is 2.16. The van der Waals surface area contributed by atoms with Crippen molar-refractivity contribution in [2.24, 2.45) is 5.73 Å². The van der Waals surface area contributed by atoms with Gasteiger partial charge in [0.15, 0.2) is 0 Å². The maximum atomic E-state index is 10.1. The molecule has 0 saturated carbocycles. The van der Waals surface area contributed by atoms with E-state index < -0.39 is 6.04 Å². The number of rotatable bonds is 2. The minimum atomic E-state index is -0.694. The zero-order valence-electron chi connectivity index (χ0n) is 3.60. The molecule has 0 aromatic rings. The predicted molar refractivity (Wildman–Crippen MR) is 34.1 cm³/mol. The molecule has 3 N–H and O–H groups in total. The third-order valence-electron chi connectivity index (χ3n) is 0.488. The summed E-state index contributed by atoms with van der Waals surface area (Å²) < 4.78 is -0.208. The van der Waals surface area contributed by atoms with E-state index in [0.717, 1.165) is 0 Å². The van der Waals surface area contributed by atoms with Gasteiger partial charge in [0.1, 0.15) is 0 Å². The van der Waals surface area contributed by atoms with Crippen LogP contribution in [0, 0.1) is 0 Å². The summed E-state index contributed by atoms with van der Waals surface area (Å²) in [5.41, 5.74) is 5.01. The SMILES string of the molecule is N[C@H](CO)C(=O)I. The Morgan fingerprint density at radius 2 is 2.43 bits per heavy atom. The van der Waals surface area contributed by atoms with E-state index in [-0.39, 0.29) is 10.4 Å². The first-order valence-corrected chi connectivity index (χ1v) is 2.82. The summed E-state index contributed by atoms with van der Waals surface area (Å²) in [6.45, 7) is -0.262. The number of carbonyl (C=O) groups is 1. The van der Waals surface area contributed by atoms with Crippen molar-refractivity contribution in [3.05, 3.63) is 0 Å². The van der Waals surface area contributed by atoms with Crippen molar-refractivity contribution >= 4 is 26.4 Å². The van der Waals surface area contributed by atoms with Crippen LogP contribution in [-0.4, -0.2) is 21.5 Å². The van der Waals surface area contributed by atoms with Gasteiger partial charge in [-0.15, -0.1) is 0 Å². The summed E-state index contributed by atoms with van der Waals surface area (Å²) in [6.07, 6.45) is 0. The van der Waals surface area contributed by atoms with Gasteiger partial charge in [-0.2, -0.15) is 0 Å². The number of carbonyl (C=O) groups excluding carboxylic acids is 1. The van der Waals surface area contributed by atoms with Crippen LogP contribution in [0.1, 0.15) is 0 Å². The van der Waals surface area contributed by atoms with E-state index in [1.54, 1.807) is 22.6 Å². The number of aliphatic hydroxyl groups is 1. The number of aliphatic hydroxyl groups excluding tert-OH is 1. The monoisotopic (exact) mass is 215 g/mol. The van der Waals surface area contributed by atoms with E-state index in [2.05, 4.69) is 0 Å². The molecule has 42 valence electrons. The summed E-state index contributed by atoms with van der Waals surface area (Å²) in [5, 5.41) is 8.15. The van der Waals surface area contributed by atoms with E-state index in [1.165, 1.54) is 0 Å². The third-order valence-corrected chi connectivity index (χ3v) is 1.29. The first kappa shape index (κ1) is 7.32. The topological polar surface area (TPSA) is 63.3 Å². The van der Waals surface area contributed by atoms with E-state index >= 15 is 0 Å². The molecule has 0 amide bonds. The predicted octanol–water partition coefficient (Wildman–Crippen LogP) is -0.732. The molecule has 0 saturated heterocycles. The van der Waals surface area contributed by atoms with Crippen LogP contribution in [0.2, 0.25) is 0 Å². The third kappa shape index (κ3) is 2.95. The number of hydrogen-bond acceptors (Lipinski definition) is 3. The zero-order valence-corrected chi connectivity index (χ0v) is 5.75. The Hall–Kier alpha value is 0.320. The molecule has 0 unspecified atom stereocenters. The van der Waals surface area contributed by atoms with Crippen molar-refractivity contribution in [2.45, 2.75) is 6.04 Å². The fourth-order valence-electron chi connectivity index (χ4n) is 0.0718. The highest BCUT2D eigenvalue weighted by molar-refractivity contribution is 14.1. The van der Waals surface area contributed by atoms with Crippen LogP contribution in [0.5, 0.6) is 0 Å². The molecule has 0 aromatic carbocycles. The molecular formula is C3H6INO2. The molecule has 0 radical (unpaired) electrons. The summed E-state index contributed by atoms with van der Waals surface area (Å²) >= 11 is 1.54. The first-order chi connectivity index (χ1) is 3.18. The molecule has 0 heterocycles. The minimum absolute atomic E-state index is 0.208. The Morgan fingerprint density at radius 3 is 2.43 bits per heavy atom. The van der Waals surface area contributed by atoms with Gasteiger partial charge in [0.2, 0.25) is 3.79 Å². The van der Waals surface area contributed by atoms with Gasteiger partial charge < -0.3 is 10.8 Å². The normalized spacial score (nSPS) is 13.6. The van der Waals surface area contributed by atoms with Crippen LogP contribution in [0.25, 0.3) is 0 Å². The lowest BCUT2D eigenvalue weighted by Gasteiger charge is -1.96. The Bertz CT molecular complexity index is 75.3. The van der Waals surface area contributed by atoms with Gasteiger partial charge in [-0.05, 0) is 0 Å². The van der Waals surface area contributed by atoms with Crippen molar-refractivity contribution < 1.29 is 9.90 Å². The lowest BCUT2D eigenvalue weighted by molar-refractivity contribution is -0.111. The Labute approximate surface area is 55.0 Å². The van der Waals surface area contributed by atoms with Gasteiger partial charge in [-0.3, -0.25) is 4.79 Å². The molecule has 0 aromatic heterocycles. The standard InChI is InChI=1S/C3H6INO2/c4-3(7)2(5)1-6/h2,6H,1,5H2/t2-/m1/s1. The van der Waals surface area contributed by atoms with E-state index in [1.807, 2.05) is 0 Å². The molecule has 0 bridgehead atoms. The van der Waals surface area contributed by atoms with Crippen molar-refractivity contribution in [1.29, 1.82) is 0 Å². The van der Waals surface area contributed by atoms with Crippen molar-refractivity contribution in [3.63, 3.8) is 0 Å². The highest BCUT2D eigenvalue weighted by Gasteiger charge is 2.05. The molecule has 0 aliphatic carbocycles. The average Bonchev–Trinajstić information content (AvgIpc) is 1.65. The maximum Gasteiger partial charge on any atom is 0.211 e. The quantitative estimate of drug-likeness (QED) is 0.471. The molecule has 0 spiro atoms. The van der Waals surface area contributed by atoms with Gasteiger partial charge in [0, 0.05) is 22.6 Å². The minimum Gasteiger partial charge on any atom is -0.394 e. The molecule has 4 heteroatoms. The van der Waals surface area contributed by atoms with Gasteiger partial charge in [-0.25, -0.2) is 0 Å². The van der Waals surface area contributed by atoms with Crippen LogP contribution in [0.15, 0.2) is 0 Å². The number of nitrogens with two attached hydrogens (primary N) is 1. The molecule has 1 atom stereocenters. The smallest absolute Gasteiger partial charge is 0.211 e. The summed E-state index contributed by atoms with van der Waals surface area (Å²) in [5.74, 6) is 0. The van der Waals surface area contributed by atoms with Crippen molar-refractivity contribution in [2.75, 3.05) is 6.61 Å². The largest absolute Gasteiger partial charge is 0.394 e. The van der Waals surface area contributed by atoms with Gasteiger partial charge in [-0.1, -0.05) is 0 Å². The van der Waals surface area contributed by atoms with Gasteiger partial charge in [0.05, 0.1) is 12.6 Å². The highest BCUT2D eigenvalue weighted by Crippen LogP contribution is 1.88. The Morgan fingerprint density at radius 1 is 2.00 bits per heavy atom. The van der Waals surface area contributed by atoms with Crippen molar-refractivity contribution in [3.8, 4) is 0 Å². The second kappa shape index (κ2) is 3.34. The van der Waals surface area contributed by atoms with E-state index in [0.29, 0.717) is 0 Å². The second-order valence-electron chi connectivity index (χ2n) is 1.09. The van der Waals surface area contributed by atoms with Crippen molar-refractivity contribution in [1.82, 2.24) is 0 Å². The summed E-state index contributed by atoms with van der Waals surface area (Å²) in [4.78, 5) is 10.1. The van der Waals surface area contributed by atoms with Crippen LogP contribution in [0.3, 0.4) is 0 Å². The maximum absolute atomic E-state index is 10.1. The molecule has 3 nitrogen and oxygen atoms in total. The fourth-order valence-corrected chi connectivity index (χ4v) is 0.269. The summed E-state index contributed by atoms with van der Waals surface area (Å²) in [7, 11) is 0. The molecule has 0 fully saturated rings. The van der Waals surface area contributed by atoms with Crippen LogP contribution < -0.4 is 5.73 Å². The van der Waals surface area contributed by atoms with Crippen LogP contribution in [0.4, 0.5) is 0 Å². The lowest BCUT2D eigenvalue weighted by atomic mass is 10.4. The number of halogens is 1. The van der Waals surface area contributed by atoms with E-state index in [9.17, 15) is 4.79 Å². The van der Waals surface area contributed by atoms with Gasteiger partial charge >= 0.3 is 0 Å². The van der Waals surface area contributed by atoms with Gasteiger partial charge in [0.25, 0.3) is 0 Å². The van der Waals surface area contributed by atoms with Crippen LogP contribution >= 0.6 is 22.6 Å². The zero-order chi connectivity index (χ0) is 5.86. The molecular weight excluding hydrogens is 209 g/mol. The number of hydrogen-bond donors (Lipinski definition) is 2. The molecule has 0 aliphatic heterocycles. The Kier molecular flexibility index (Phi) is 3.49. The van der Waals surface area contributed by atoms with Crippen LogP contribution in [-0.2, 0) is 4.79 Å². The lowest BCUT2D eigenvalue weighted by Crippen LogP contribution is -2.29. The molecule has 0 rings (SSSR count). The van der Waals surface area contributed by atoms with E-state index in [4.69, 9.17) is 10.8 Å². The molecule has 7 heavy (non-hydrogen) atoms. The summed E-state index contributed by atoms with van der Waals surface area (Å²) in [6, 6.07) is -0.694. The average molecular weight is 215 g/mol. The first-order valence-electron chi connectivity index (χ1n) is 1.74. The molecule has 0 aliphatic rings. The Balaban J connectivity index is 3.34.